The molecule has 1 aromatic carbocycles. The van der Waals surface area contributed by atoms with Gasteiger partial charge in [0.1, 0.15) is 5.82 Å². The first-order chi connectivity index (χ1) is 11.2. The predicted molar refractivity (Wildman–Crippen MR) is 90.4 cm³/mol. The van der Waals surface area contributed by atoms with Crippen molar-refractivity contribution in [3.05, 3.63) is 53.9 Å². The van der Waals surface area contributed by atoms with E-state index in [1.165, 1.54) is 0 Å². The van der Waals surface area contributed by atoms with Crippen LogP contribution in [0.5, 0.6) is 0 Å². The number of hydrogen-bond donors (Lipinski definition) is 2. The highest BCUT2D eigenvalue weighted by atomic mass is 16.1. The number of amides is 1. The lowest BCUT2D eigenvalue weighted by atomic mass is 10.2. The summed E-state index contributed by atoms with van der Waals surface area (Å²) < 4.78 is 1.95. The lowest BCUT2D eigenvalue weighted by molar-refractivity contribution is 0.0950. The summed E-state index contributed by atoms with van der Waals surface area (Å²) in [6.07, 6.45) is 1.61. The Balaban J connectivity index is 1.79. The van der Waals surface area contributed by atoms with Crippen molar-refractivity contribution in [1.82, 2.24) is 20.1 Å². The van der Waals surface area contributed by atoms with Crippen molar-refractivity contribution in [1.29, 1.82) is 0 Å². The average Bonchev–Trinajstić information content (AvgIpc) is 2.97. The zero-order valence-electron chi connectivity index (χ0n) is 13.2. The van der Waals surface area contributed by atoms with Crippen molar-refractivity contribution >= 4 is 22.6 Å². The number of para-hydroxylation sites is 1. The fourth-order valence-corrected chi connectivity index (χ4v) is 2.54. The third-order valence-electron chi connectivity index (χ3n) is 3.73. The van der Waals surface area contributed by atoms with E-state index in [0.29, 0.717) is 17.9 Å². The minimum absolute atomic E-state index is 0.140. The summed E-state index contributed by atoms with van der Waals surface area (Å²) in [5.41, 5.74) is 2.53. The van der Waals surface area contributed by atoms with E-state index in [-0.39, 0.29) is 5.91 Å². The topological polar surface area (TPSA) is 71.8 Å². The largest absolute Gasteiger partial charge is 0.373 e. The molecule has 118 valence electrons. The number of nitrogens with one attached hydrogen (secondary N) is 2. The molecular weight excluding hydrogens is 290 g/mol. The highest BCUT2D eigenvalue weighted by Crippen LogP contribution is 2.18. The SMILES string of the molecule is CCn1nc(CNC(=O)c2ccnc(NC)c2)c2ccccc21. The Morgan fingerprint density at radius 2 is 2.09 bits per heavy atom. The standard InChI is InChI=1S/C17H19N5O/c1-3-22-15-7-5-4-6-13(15)14(21-22)11-20-17(23)12-8-9-19-16(10-12)18-2/h4-10H,3,11H2,1-2H3,(H,18,19)(H,20,23). The lowest BCUT2D eigenvalue weighted by Gasteiger charge is -2.05. The first-order valence-corrected chi connectivity index (χ1v) is 7.59. The summed E-state index contributed by atoms with van der Waals surface area (Å²) in [5.74, 6) is 0.525. The van der Waals surface area contributed by atoms with Crippen LogP contribution in [-0.2, 0) is 13.1 Å². The number of carbonyl (C=O) groups is 1. The van der Waals surface area contributed by atoms with Gasteiger partial charge in [0.2, 0.25) is 0 Å². The van der Waals surface area contributed by atoms with Gasteiger partial charge in [-0.2, -0.15) is 5.10 Å². The highest BCUT2D eigenvalue weighted by Gasteiger charge is 2.11. The van der Waals surface area contributed by atoms with Gasteiger partial charge in [-0.25, -0.2) is 4.98 Å². The van der Waals surface area contributed by atoms with Gasteiger partial charge in [0.25, 0.3) is 5.91 Å². The summed E-state index contributed by atoms with van der Waals surface area (Å²) in [6, 6.07) is 11.5. The smallest absolute Gasteiger partial charge is 0.251 e. The molecule has 0 saturated heterocycles. The Bertz CT molecular complexity index is 840. The number of rotatable bonds is 5. The first-order valence-electron chi connectivity index (χ1n) is 7.59. The molecule has 0 spiro atoms. The Labute approximate surface area is 134 Å². The van der Waals surface area contributed by atoms with Gasteiger partial charge in [0, 0.05) is 30.7 Å². The van der Waals surface area contributed by atoms with Crippen molar-refractivity contribution in [3.8, 4) is 0 Å². The fourth-order valence-electron chi connectivity index (χ4n) is 2.54. The molecular formula is C17H19N5O. The molecule has 2 N–H and O–H groups in total. The van der Waals surface area contributed by atoms with Crippen LogP contribution in [0.4, 0.5) is 5.82 Å². The van der Waals surface area contributed by atoms with Gasteiger partial charge in [0.15, 0.2) is 0 Å². The number of anilines is 1. The van der Waals surface area contributed by atoms with Gasteiger partial charge in [-0.15, -0.1) is 0 Å². The molecule has 0 aliphatic heterocycles. The molecule has 0 aliphatic carbocycles. The Kier molecular flexibility index (Phi) is 4.23. The minimum atomic E-state index is -0.140. The van der Waals surface area contributed by atoms with Crippen molar-refractivity contribution in [2.24, 2.45) is 0 Å². The number of benzene rings is 1. The van der Waals surface area contributed by atoms with Crippen molar-refractivity contribution in [2.45, 2.75) is 20.0 Å². The minimum Gasteiger partial charge on any atom is -0.373 e. The van der Waals surface area contributed by atoms with Crippen molar-refractivity contribution in [2.75, 3.05) is 12.4 Å². The molecule has 0 fully saturated rings. The summed E-state index contributed by atoms with van der Waals surface area (Å²) in [5, 5.41) is 11.5. The molecule has 23 heavy (non-hydrogen) atoms. The van der Waals surface area contributed by atoms with E-state index in [1.54, 1.807) is 25.4 Å². The normalized spacial score (nSPS) is 10.7. The Hall–Kier alpha value is -2.89. The van der Waals surface area contributed by atoms with Crippen LogP contribution in [0, 0.1) is 0 Å². The molecule has 0 radical (unpaired) electrons. The molecule has 0 unspecified atom stereocenters. The summed E-state index contributed by atoms with van der Waals surface area (Å²) in [6.45, 7) is 3.24. The summed E-state index contributed by atoms with van der Waals surface area (Å²) >= 11 is 0. The number of pyridine rings is 1. The van der Waals surface area contributed by atoms with E-state index < -0.39 is 0 Å². The lowest BCUT2D eigenvalue weighted by Crippen LogP contribution is -2.23. The number of aromatic nitrogens is 3. The fraction of sp³-hybridized carbons (Fsp3) is 0.235. The van der Waals surface area contributed by atoms with Gasteiger partial charge in [-0.1, -0.05) is 18.2 Å². The molecule has 6 nitrogen and oxygen atoms in total. The molecule has 1 amide bonds. The maximum Gasteiger partial charge on any atom is 0.251 e. The van der Waals surface area contributed by atoms with Crippen LogP contribution < -0.4 is 10.6 Å². The average molecular weight is 309 g/mol. The number of carbonyl (C=O) groups excluding carboxylic acids is 1. The van der Waals surface area contributed by atoms with Gasteiger partial charge in [-0.3, -0.25) is 9.48 Å². The van der Waals surface area contributed by atoms with Gasteiger partial charge >= 0.3 is 0 Å². The second-order valence-corrected chi connectivity index (χ2v) is 5.14. The van der Waals surface area contributed by atoms with Crippen molar-refractivity contribution in [3.63, 3.8) is 0 Å². The van der Waals surface area contributed by atoms with E-state index in [4.69, 9.17) is 0 Å². The van der Waals surface area contributed by atoms with Crippen LogP contribution in [0.2, 0.25) is 0 Å². The highest BCUT2D eigenvalue weighted by molar-refractivity contribution is 5.95. The molecule has 2 heterocycles. The number of aryl methyl sites for hydroxylation is 1. The first kappa shape index (κ1) is 15.0. The molecule has 0 saturated carbocycles. The molecule has 6 heteroatoms. The molecule has 3 rings (SSSR count). The monoisotopic (exact) mass is 309 g/mol. The van der Waals surface area contributed by atoms with Gasteiger partial charge in [-0.05, 0) is 25.1 Å². The third-order valence-corrected chi connectivity index (χ3v) is 3.73. The molecule has 2 aromatic heterocycles. The van der Waals surface area contributed by atoms with E-state index in [0.717, 1.165) is 23.1 Å². The van der Waals surface area contributed by atoms with Gasteiger partial charge in [0.05, 0.1) is 17.8 Å². The summed E-state index contributed by atoms with van der Waals surface area (Å²) in [4.78, 5) is 16.4. The number of hydrogen-bond acceptors (Lipinski definition) is 4. The predicted octanol–water partition coefficient (Wildman–Crippen LogP) is 2.42. The Morgan fingerprint density at radius 3 is 2.87 bits per heavy atom. The van der Waals surface area contributed by atoms with Gasteiger partial charge < -0.3 is 10.6 Å². The van der Waals surface area contributed by atoms with Crippen LogP contribution >= 0.6 is 0 Å². The Morgan fingerprint density at radius 1 is 1.26 bits per heavy atom. The third kappa shape index (κ3) is 3.01. The second-order valence-electron chi connectivity index (χ2n) is 5.14. The van der Waals surface area contributed by atoms with Crippen LogP contribution in [0.3, 0.4) is 0 Å². The van der Waals surface area contributed by atoms with E-state index in [2.05, 4.69) is 27.6 Å². The molecule has 0 atom stereocenters. The van der Waals surface area contributed by atoms with E-state index >= 15 is 0 Å². The molecule has 0 bridgehead atoms. The van der Waals surface area contributed by atoms with Crippen LogP contribution in [0.1, 0.15) is 23.0 Å². The zero-order valence-corrected chi connectivity index (χ0v) is 13.2. The molecule has 0 aliphatic rings. The maximum absolute atomic E-state index is 12.3. The van der Waals surface area contributed by atoms with Crippen LogP contribution in [-0.4, -0.2) is 27.7 Å². The number of fused-ring (bicyclic) bond motifs is 1. The quantitative estimate of drug-likeness (QED) is 0.759. The molecule has 3 aromatic rings. The summed E-state index contributed by atoms with van der Waals surface area (Å²) in [7, 11) is 1.77. The van der Waals surface area contributed by atoms with Crippen molar-refractivity contribution < 1.29 is 4.79 Å². The number of nitrogens with zero attached hydrogens (tertiary/aromatic N) is 3. The van der Waals surface area contributed by atoms with Crippen LogP contribution in [0.15, 0.2) is 42.6 Å². The van der Waals surface area contributed by atoms with Crippen LogP contribution in [0.25, 0.3) is 10.9 Å². The maximum atomic E-state index is 12.3. The second kappa shape index (κ2) is 6.48. The zero-order chi connectivity index (χ0) is 16.2. The van der Waals surface area contributed by atoms with E-state index in [1.807, 2.05) is 28.9 Å². The van der Waals surface area contributed by atoms with E-state index in [9.17, 15) is 4.79 Å².